The van der Waals surface area contributed by atoms with Gasteiger partial charge in [-0.2, -0.15) is 10.4 Å². The number of hydroxylamine groups is 2. The highest BCUT2D eigenvalue weighted by Gasteiger charge is 2.37. The Morgan fingerprint density at radius 1 is 1.09 bits per heavy atom. The summed E-state index contributed by atoms with van der Waals surface area (Å²) in [7, 11) is 0. The fourth-order valence-electron chi connectivity index (χ4n) is 5.02. The van der Waals surface area contributed by atoms with Crippen LogP contribution in [0.2, 0.25) is 0 Å². The van der Waals surface area contributed by atoms with Gasteiger partial charge in [0.1, 0.15) is 11.6 Å². The molecule has 1 saturated carbocycles. The molecule has 1 aliphatic carbocycles. The van der Waals surface area contributed by atoms with Crippen molar-refractivity contribution in [2.45, 2.75) is 44.7 Å². The standard InChI is InChI=1S/C25H24F2N4O2/c26-21-10-20(11-22(27)12-21)24-7-8-33-31(24)25(32)18-4-1-16(2-5-18)14-30-15-19-6-3-17(13-28)9-23(19)29-30/h3,6,9-12,15-16,18,24H,1-2,4-5,7-8,14H2/t16?,18?,24-/m0/s1. The maximum Gasteiger partial charge on any atom is 0.249 e. The van der Waals surface area contributed by atoms with E-state index in [9.17, 15) is 13.6 Å². The van der Waals surface area contributed by atoms with Crippen LogP contribution in [0.4, 0.5) is 8.78 Å². The molecule has 1 amide bonds. The third kappa shape index (κ3) is 4.46. The summed E-state index contributed by atoms with van der Waals surface area (Å²) in [5.41, 5.74) is 1.83. The molecule has 0 radical (unpaired) electrons. The van der Waals surface area contributed by atoms with Gasteiger partial charge in [-0.15, -0.1) is 0 Å². The second-order valence-corrected chi connectivity index (χ2v) is 8.96. The van der Waals surface area contributed by atoms with Crippen molar-refractivity contribution in [1.82, 2.24) is 14.8 Å². The second kappa shape index (κ2) is 8.91. The fourth-order valence-corrected chi connectivity index (χ4v) is 5.02. The molecule has 2 aromatic carbocycles. The summed E-state index contributed by atoms with van der Waals surface area (Å²) in [6.45, 7) is 1.12. The third-order valence-corrected chi connectivity index (χ3v) is 6.72. The number of carbonyl (C=O) groups is 1. The first-order valence-corrected chi connectivity index (χ1v) is 11.3. The summed E-state index contributed by atoms with van der Waals surface area (Å²) >= 11 is 0. The van der Waals surface area contributed by atoms with E-state index in [4.69, 9.17) is 10.1 Å². The molecule has 2 heterocycles. The Balaban J connectivity index is 1.21. The van der Waals surface area contributed by atoms with Crippen LogP contribution in [0.5, 0.6) is 0 Å². The van der Waals surface area contributed by atoms with Crippen molar-refractivity contribution in [1.29, 1.82) is 5.26 Å². The molecule has 2 aliphatic rings. The minimum Gasteiger partial charge on any atom is -0.272 e. The van der Waals surface area contributed by atoms with E-state index in [2.05, 4.69) is 11.2 Å². The summed E-state index contributed by atoms with van der Waals surface area (Å²) in [5, 5.41) is 16.0. The van der Waals surface area contributed by atoms with Gasteiger partial charge in [-0.1, -0.05) is 0 Å². The molecular weight excluding hydrogens is 426 g/mol. The molecule has 170 valence electrons. The van der Waals surface area contributed by atoms with E-state index in [1.165, 1.54) is 17.2 Å². The van der Waals surface area contributed by atoms with Crippen molar-refractivity contribution in [3.05, 3.63) is 65.4 Å². The fraction of sp³-hybridized carbons (Fsp3) is 0.400. The van der Waals surface area contributed by atoms with Crippen molar-refractivity contribution in [3.8, 4) is 6.07 Å². The van der Waals surface area contributed by atoms with E-state index >= 15 is 0 Å². The smallest absolute Gasteiger partial charge is 0.249 e. The van der Waals surface area contributed by atoms with E-state index in [0.717, 1.165) is 49.2 Å². The van der Waals surface area contributed by atoms with Gasteiger partial charge >= 0.3 is 0 Å². The third-order valence-electron chi connectivity index (χ3n) is 6.72. The average Bonchev–Trinajstić information content (AvgIpc) is 3.44. The maximum atomic E-state index is 13.7. The second-order valence-electron chi connectivity index (χ2n) is 8.96. The highest BCUT2D eigenvalue weighted by Crippen LogP contribution is 2.37. The highest BCUT2D eigenvalue weighted by atomic mass is 19.1. The van der Waals surface area contributed by atoms with Crippen molar-refractivity contribution >= 4 is 16.8 Å². The lowest BCUT2D eigenvalue weighted by molar-refractivity contribution is -0.183. The Hall–Kier alpha value is -3.31. The lowest BCUT2D eigenvalue weighted by atomic mass is 9.81. The zero-order chi connectivity index (χ0) is 22.9. The summed E-state index contributed by atoms with van der Waals surface area (Å²) in [5.74, 6) is -1.16. The van der Waals surface area contributed by atoms with Gasteiger partial charge in [-0.3, -0.25) is 14.3 Å². The number of halogens is 2. The van der Waals surface area contributed by atoms with Crippen LogP contribution in [0, 0.1) is 34.8 Å². The van der Waals surface area contributed by atoms with Crippen molar-refractivity contribution in [2.75, 3.05) is 6.61 Å². The molecule has 8 heteroatoms. The monoisotopic (exact) mass is 450 g/mol. The molecule has 1 aromatic heterocycles. The van der Waals surface area contributed by atoms with Gasteiger partial charge in [0.05, 0.1) is 29.8 Å². The minimum absolute atomic E-state index is 0.102. The van der Waals surface area contributed by atoms with Gasteiger partial charge in [0.25, 0.3) is 0 Å². The molecule has 5 rings (SSSR count). The van der Waals surface area contributed by atoms with E-state index in [0.29, 0.717) is 30.1 Å². The van der Waals surface area contributed by atoms with E-state index in [-0.39, 0.29) is 11.8 Å². The normalized spacial score (nSPS) is 23.1. The van der Waals surface area contributed by atoms with Crippen LogP contribution in [0.1, 0.15) is 49.3 Å². The SMILES string of the molecule is N#Cc1ccc2cn(CC3CCC(C(=O)N4OCC[C@H]4c4cc(F)cc(F)c4)CC3)nc2c1. The molecule has 3 aromatic rings. The molecule has 0 bridgehead atoms. The Morgan fingerprint density at radius 3 is 2.58 bits per heavy atom. The predicted octanol–water partition coefficient (Wildman–Crippen LogP) is 4.90. The Kier molecular flexibility index (Phi) is 5.81. The number of carbonyl (C=O) groups excluding carboxylic acids is 1. The van der Waals surface area contributed by atoms with Gasteiger partial charge < -0.3 is 0 Å². The number of hydrogen-bond acceptors (Lipinski definition) is 4. The Labute approximate surface area is 190 Å². The number of aromatic nitrogens is 2. The van der Waals surface area contributed by atoms with Crippen LogP contribution in [-0.4, -0.2) is 27.4 Å². The van der Waals surface area contributed by atoms with Crippen LogP contribution in [0.25, 0.3) is 10.9 Å². The number of fused-ring (bicyclic) bond motifs is 1. The van der Waals surface area contributed by atoms with Crippen LogP contribution in [-0.2, 0) is 16.2 Å². The van der Waals surface area contributed by atoms with Crippen LogP contribution in [0.15, 0.2) is 42.6 Å². The molecule has 2 fully saturated rings. The van der Waals surface area contributed by atoms with E-state index in [1.54, 1.807) is 12.1 Å². The molecule has 1 atom stereocenters. The van der Waals surface area contributed by atoms with Crippen LogP contribution in [0.3, 0.4) is 0 Å². The molecule has 33 heavy (non-hydrogen) atoms. The summed E-state index contributed by atoms with van der Waals surface area (Å²) in [6, 6.07) is 10.5. The topological polar surface area (TPSA) is 71.2 Å². The first kappa shape index (κ1) is 21.5. The number of rotatable bonds is 4. The van der Waals surface area contributed by atoms with Crippen molar-refractivity contribution < 1.29 is 18.4 Å². The number of amides is 1. The minimum atomic E-state index is -0.653. The van der Waals surface area contributed by atoms with Gasteiger partial charge in [0.2, 0.25) is 5.91 Å². The quantitative estimate of drug-likeness (QED) is 0.567. The average molecular weight is 450 g/mol. The molecular formula is C25H24F2N4O2. The largest absolute Gasteiger partial charge is 0.272 e. The van der Waals surface area contributed by atoms with Gasteiger partial charge in [-0.25, -0.2) is 13.8 Å². The highest BCUT2D eigenvalue weighted by molar-refractivity contribution is 5.79. The number of benzene rings is 2. The predicted molar refractivity (Wildman–Crippen MR) is 116 cm³/mol. The first-order valence-electron chi connectivity index (χ1n) is 11.3. The first-order chi connectivity index (χ1) is 16.0. The van der Waals surface area contributed by atoms with Crippen molar-refractivity contribution in [2.24, 2.45) is 11.8 Å². The molecule has 1 saturated heterocycles. The Bertz CT molecular complexity index is 1210. The zero-order valence-corrected chi connectivity index (χ0v) is 18.1. The van der Waals surface area contributed by atoms with E-state index in [1.807, 2.05) is 16.9 Å². The van der Waals surface area contributed by atoms with Crippen molar-refractivity contribution in [3.63, 3.8) is 0 Å². The molecule has 1 aliphatic heterocycles. The molecule has 6 nitrogen and oxygen atoms in total. The van der Waals surface area contributed by atoms with Gasteiger partial charge in [0, 0.05) is 36.5 Å². The molecule has 0 unspecified atom stereocenters. The number of nitriles is 1. The van der Waals surface area contributed by atoms with E-state index < -0.39 is 17.7 Å². The Morgan fingerprint density at radius 2 is 1.85 bits per heavy atom. The molecule has 0 N–H and O–H groups in total. The number of hydrogen-bond donors (Lipinski definition) is 0. The van der Waals surface area contributed by atoms with Gasteiger partial charge in [0.15, 0.2) is 0 Å². The lowest BCUT2D eigenvalue weighted by Gasteiger charge is -2.32. The maximum absolute atomic E-state index is 13.7. The lowest BCUT2D eigenvalue weighted by Crippen LogP contribution is -2.37. The summed E-state index contributed by atoms with van der Waals surface area (Å²) in [4.78, 5) is 18.8. The van der Waals surface area contributed by atoms with Crippen LogP contribution < -0.4 is 0 Å². The number of nitrogens with zero attached hydrogens (tertiary/aromatic N) is 4. The van der Waals surface area contributed by atoms with Gasteiger partial charge in [-0.05, 0) is 67.5 Å². The zero-order valence-electron chi connectivity index (χ0n) is 18.1. The molecule has 0 spiro atoms. The summed E-state index contributed by atoms with van der Waals surface area (Å²) < 4.78 is 29.3. The van der Waals surface area contributed by atoms with Crippen LogP contribution >= 0.6 is 0 Å². The summed E-state index contributed by atoms with van der Waals surface area (Å²) in [6.07, 6.45) is 5.78.